The van der Waals surface area contributed by atoms with Crippen LogP contribution in [0.25, 0.3) is 0 Å². The minimum Gasteiger partial charge on any atom is -0.478 e. The predicted octanol–water partition coefficient (Wildman–Crippen LogP) is 4.46. The van der Waals surface area contributed by atoms with E-state index in [4.69, 9.17) is 5.11 Å². The van der Waals surface area contributed by atoms with Gasteiger partial charge in [0.1, 0.15) is 5.82 Å². The number of aromatic carboxylic acids is 1. The number of nitrogens with zero attached hydrogens (tertiary/aromatic N) is 1. The molecule has 110 valence electrons. The number of hydrogen-bond donors (Lipinski definition) is 1. The molecule has 0 radical (unpaired) electrons. The molecule has 0 spiro atoms. The molecule has 0 aliphatic heterocycles. The zero-order chi connectivity index (χ0) is 15.2. The van der Waals surface area contributed by atoms with E-state index in [0.29, 0.717) is 5.69 Å². The van der Waals surface area contributed by atoms with Crippen LogP contribution in [0.4, 0.5) is 15.8 Å². The van der Waals surface area contributed by atoms with Gasteiger partial charge in [0.15, 0.2) is 0 Å². The van der Waals surface area contributed by atoms with Gasteiger partial charge in [-0.25, -0.2) is 9.18 Å². The molecule has 0 aromatic heterocycles. The third-order valence-corrected chi connectivity index (χ3v) is 3.30. The Morgan fingerprint density at radius 1 is 1.14 bits per heavy atom. The fraction of sp³-hybridized carbons (Fsp3) is 0.235. The van der Waals surface area contributed by atoms with E-state index in [0.717, 1.165) is 25.1 Å². The Balaban J connectivity index is 2.37. The summed E-state index contributed by atoms with van der Waals surface area (Å²) in [5.41, 5.74) is 1.33. The molecule has 21 heavy (non-hydrogen) atoms. The van der Waals surface area contributed by atoms with Crippen LogP contribution in [0.15, 0.2) is 48.5 Å². The summed E-state index contributed by atoms with van der Waals surface area (Å²) in [5, 5.41) is 8.90. The van der Waals surface area contributed by atoms with Crippen molar-refractivity contribution >= 4 is 17.3 Å². The van der Waals surface area contributed by atoms with Crippen molar-refractivity contribution in [3.8, 4) is 0 Å². The van der Waals surface area contributed by atoms with Crippen LogP contribution in [0, 0.1) is 5.82 Å². The molecule has 0 heterocycles. The number of unbranched alkanes of at least 4 members (excludes halogenated alkanes) is 1. The molecule has 0 amide bonds. The van der Waals surface area contributed by atoms with Gasteiger partial charge in [-0.3, -0.25) is 0 Å². The molecule has 2 rings (SSSR count). The summed E-state index contributed by atoms with van der Waals surface area (Å²) in [7, 11) is 0. The number of hydrogen-bond acceptors (Lipinski definition) is 2. The first-order valence-electron chi connectivity index (χ1n) is 6.99. The number of para-hydroxylation sites is 1. The van der Waals surface area contributed by atoms with Crippen LogP contribution >= 0.6 is 0 Å². The first-order valence-corrected chi connectivity index (χ1v) is 6.99. The topological polar surface area (TPSA) is 40.5 Å². The normalized spacial score (nSPS) is 10.4. The zero-order valence-electron chi connectivity index (χ0n) is 11.9. The van der Waals surface area contributed by atoms with E-state index >= 15 is 0 Å². The number of benzene rings is 2. The molecule has 2 aromatic carbocycles. The Hall–Kier alpha value is -2.36. The van der Waals surface area contributed by atoms with Crippen LogP contribution in [0.5, 0.6) is 0 Å². The van der Waals surface area contributed by atoms with E-state index in [2.05, 4.69) is 6.92 Å². The van der Waals surface area contributed by atoms with Crippen LogP contribution in [0.1, 0.15) is 30.1 Å². The van der Waals surface area contributed by atoms with Crippen LogP contribution < -0.4 is 4.90 Å². The van der Waals surface area contributed by atoms with Gasteiger partial charge in [0.25, 0.3) is 0 Å². The second-order valence-electron chi connectivity index (χ2n) is 4.81. The van der Waals surface area contributed by atoms with Gasteiger partial charge in [0, 0.05) is 17.9 Å². The first kappa shape index (κ1) is 15.0. The van der Waals surface area contributed by atoms with Crippen molar-refractivity contribution in [2.75, 3.05) is 11.4 Å². The third kappa shape index (κ3) is 3.60. The fourth-order valence-corrected chi connectivity index (χ4v) is 2.18. The summed E-state index contributed by atoms with van der Waals surface area (Å²) in [6.07, 6.45) is 2.00. The number of carbonyl (C=O) groups is 1. The molecular formula is C17H18FNO2. The molecule has 0 bridgehead atoms. The molecule has 0 atom stereocenters. The Morgan fingerprint density at radius 2 is 1.86 bits per heavy atom. The lowest BCUT2D eigenvalue weighted by Crippen LogP contribution is -2.18. The molecule has 0 fully saturated rings. The summed E-state index contributed by atoms with van der Waals surface area (Å²) < 4.78 is 13.9. The van der Waals surface area contributed by atoms with Crippen molar-refractivity contribution in [1.82, 2.24) is 0 Å². The van der Waals surface area contributed by atoms with Crippen molar-refractivity contribution in [3.63, 3.8) is 0 Å². The summed E-state index contributed by atoms with van der Waals surface area (Å²) in [5.74, 6) is -1.96. The lowest BCUT2D eigenvalue weighted by molar-refractivity contribution is 0.0692. The number of carboxylic acids is 1. The molecule has 0 aliphatic rings. The van der Waals surface area contributed by atoms with Crippen molar-refractivity contribution in [1.29, 1.82) is 0 Å². The maximum absolute atomic E-state index is 13.9. The van der Waals surface area contributed by atoms with Gasteiger partial charge in [0.2, 0.25) is 0 Å². The molecule has 0 aliphatic carbocycles. The SMILES string of the molecule is CCCCN(c1ccccc1)c1ccc(C(=O)O)c(F)c1. The highest BCUT2D eigenvalue weighted by Crippen LogP contribution is 2.27. The number of halogens is 1. The molecule has 0 unspecified atom stereocenters. The molecule has 0 saturated carbocycles. The summed E-state index contributed by atoms with van der Waals surface area (Å²) in [6, 6.07) is 13.9. The van der Waals surface area contributed by atoms with Crippen LogP contribution in [-0.2, 0) is 0 Å². The van der Waals surface area contributed by atoms with Gasteiger partial charge in [0.05, 0.1) is 5.56 Å². The average molecular weight is 287 g/mol. The smallest absolute Gasteiger partial charge is 0.338 e. The van der Waals surface area contributed by atoms with Crippen molar-refractivity contribution < 1.29 is 14.3 Å². The quantitative estimate of drug-likeness (QED) is 0.852. The lowest BCUT2D eigenvalue weighted by Gasteiger charge is -2.25. The Bertz CT molecular complexity index is 613. The van der Waals surface area contributed by atoms with Crippen LogP contribution in [-0.4, -0.2) is 17.6 Å². The largest absolute Gasteiger partial charge is 0.478 e. The third-order valence-electron chi connectivity index (χ3n) is 3.30. The summed E-state index contributed by atoms with van der Waals surface area (Å²) in [4.78, 5) is 12.9. The average Bonchev–Trinajstić information content (AvgIpc) is 2.48. The second-order valence-corrected chi connectivity index (χ2v) is 4.81. The van der Waals surface area contributed by atoms with Crippen LogP contribution in [0.2, 0.25) is 0 Å². The first-order chi connectivity index (χ1) is 10.1. The number of rotatable bonds is 6. The van der Waals surface area contributed by atoms with Crippen molar-refractivity contribution in [2.24, 2.45) is 0 Å². The maximum atomic E-state index is 13.9. The predicted molar refractivity (Wildman–Crippen MR) is 81.7 cm³/mol. The maximum Gasteiger partial charge on any atom is 0.338 e. The van der Waals surface area contributed by atoms with Gasteiger partial charge in [-0.15, -0.1) is 0 Å². The Labute approximate surface area is 123 Å². The van der Waals surface area contributed by atoms with Crippen molar-refractivity contribution in [3.05, 3.63) is 59.9 Å². The summed E-state index contributed by atoms with van der Waals surface area (Å²) in [6.45, 7) is 2.85. The highest BCUT2D eigenvalue weighted by atomic mass is 19.1. The zero-order valence-corrected chi connectivity index (χ0v) is 11.9. The highest BCUT2D eigenvalue weighted by molar-refractivity contribution is 5.88. The van der Waals surface area contributed by atoms with E-state index in [1.165, 1.54) is 12.1 Å². The van der Waals surface area contributed by atoms with Gasteiger partial charge < -0.3 is 10.0 Å². The molecule has 1 N–H and O–H groups in total. The molecular weight excluding hydrogens is 269 g/mol. The number of anilines is 2. The molecule has 0 saturated heterocycles. The summed E-state index contributed by atoms with van der Waals surface area (Å²) >= 11 is 0. The van der Waals surface area contributed by atoms with Gasteiger partial charge >= 0.3 is 5.97 Å². The molecule has 4 heteroatoms. The van der Waals surface area contributed by atoms with E-state index in [9.17, 15) is 9.18 Å². The highest BCUT2D eigenvalue weighted by Gasteiger charge is 2.14. The van der Waals surface area contributed by atoms with Gasteiger partial charge in [-0.1, -0.05) is 31.5 Å². The molecule has 2 aromatic rings. The standard InChI is InChI=1S/C17H18FNO2/c1-2-3-11-19(13-7-5-4-6-8-13)14-9-10-15(17(20)21)16(18)12-14/h4-10,12H,2-3,11H2,1H3,(H,20,21). The van der Waals surface area contributed by atoms with E-state index < -0.39 is 11.8 Å². The van der Waals surface area contributed by atoms with Gasteiger partial charge in [-0.05, 0) is 36.8 Å². The monoisotopic (exact) mass is 287 g/mol. The fourth-order valence-electron chi connectivity index (χ4n) is 2.18. The minimum atomic E-state index is -1.25. The minimum absolute atomic E-state index is 0.303. The lowest BCUT2D eigenvalue weighted by atomic mass is 10.1. The van der Waals surface area contributed by atoms with Crippen LogP contribution in [0.3, 0.4) is 0 Å². The van der Waals surface area contributed by atoms with E-state index in [1.54, 1.807) is 6.07 Å². The Morgan fingerprint density at radius 3 is 2.43 bits per heavy atom. The number of carboxylic acid groups (broad SMARTS) is 1. The van der Waals surface area contributed by atoms with Gasteiger partial charge in [-0.2, -0.15) is 0 Å². The Kier molecular flexibility index (Phi) is 4.93. The van der Waals surface area contributed by atoms with E-state index in [1.807, 2.05) is 35.2 Å². The second kappa shape index (κ2) is 6.88. The van der Waals surface area contributed by atoms with E-state index in [-0.39, 0.29) is 5.56 Å². The van der Waals surface area contributed by atoms with Crippen molar-refractivity contribution in [2.45, 2.75) is 19.8 Å². The molecule has 3 nitrogen and oxygen atoms in total.